The van der Waals surface area contributed by atoms with Crippen molar-refractivity contribution in [2.45, 2.75) is 25.5 Å². The normalized spacial score (nSPS) is 23.7. The van der Waals surface area contributed by atoms with E-state index in [0.29, 0.717) is 5.25 Å². The maximum atomic E-state index is 5.25. The predicted molar refractivity (Wildman–Crippen MR) is 50.8 cm³/mol. The second-order valence-electron chi connectivity index (χ2n) is 3.08. The van der Waals surface area contributed by atoms with E-state index < -0.39 is 0 Å². The Bertz CT molecular complexity index is 302. The molecule has 0 spiro atoms. The molecule has 2 heterocycles. The van der Waals surface area contributed by atoms with Gasteiger partial charge in [0, 0.05) is 5.25 Å². The van der Waals surface area contributed by atoms with Crippen molar-refractivity contribution in [3.05, 3.63) is 23.9 Å². The van der Waals surface area contributed by atoms with Gasteiger partial charge in [-0.2, -0.15) is 0 Å². The molecule has 1 aliphatic heterocycles. The van der Waals surface area contributed by atoms with Gasteiger partial charge in [0.1, 0.15) is 6.26 Å². The zero-order valence-electron chi connectivity index (χ0n) is 7.20. The Morgan fingerprint density at radius 2 is 2.50 bits per heavy atom. The first kappa shape index (κ1) is 7.92. The second-order valence-corrected chi connectivity index (χ2v) is 4.53. The second kappa shape index (κ2) is 2.98. The van der Waals surface area contributed by atoms with Crippen molar-refractivity contribution < 1.29 is 4.42 Å². The molecule has 0 amide bonds. The minimum atomic E-state index is 0.673. The lowest BCUT2D eigenvalue weighted by atomic mass is 10.2. The molecule has 0 fully saturated rings. The fraction of sp³-hybridized carbons (Fsp3) is 0.444. The molecule has 2 nitrogen and oxygen atoms in total. The molecule has 0 saturated carbocycles. The summed E-state index contributed by atoms with van der Waals surface area (Å²) in [6, 6.07) is 0. The highest BCUT2D eigenvalue weighted by atomic mass is 32.2. The summed E-state index contributed by atoms with van der Waals surface area (Å²) >= 11 is 1.85. The summed E-state index contributed by atoms with van der Waals surface area (Å²) in [5.41, 5.74) is 1.40. The third kappa shape index (κ3) is 1.29. The van der Waals surface area contributed by atoms with Crippen LogP contribution in [0.4, 0.5) is 0 Å². The third-order valence-corrected chi connectivity index (χ3v) is 3.25. The van der Waals surface area contributed by atoms with E-state index >= 15 is 0 Å². The van der Waals surface area contributed by atoms with E-state index in [2.05, 4.69) is 18.8 Å². The molecular formula is C9H11NOS. The van der Waals surface area contributed by atoms with Crippen LogP contribution in [0.3, 0.4) is 0 Å². The lowest BCUT2D eigenvalue weighted by Gasteiger charge is -1.97. The maximum absolute atomic E-state index is 5.25. The van der Waals surface area contributed by atoms with Crippen molar-refractivity contribution in [3.8, 4) is 0 Å². The quantitative estimate of drug-likeness (QED) is 0.666. The van der Waals surface area contributed by atoms with Crippen LogP contribution in [0.15, 0.2) is 22.5 Å². The number of hydrogen-bond donors (Lipinski definition) is 0. The molecule has 1 atom stereocenters. The third-order valence-electron chi connectivity index (χ3n) is 1.93. The van der Waals surface area contributed by atoms with Crippen molar-refractivity contribution in [1.29, 1.82) is 0 Å². The summed E-state index contributed by atoms with van der Waals surface area (Å²) in [6.07, 6.45) is 4.47. The van der Waals surface area contributed by atoms with Crippen LogP contribution in [0.5, 0.6) is 0 Å². The number of rotatable bonds is 1. The van der Waals surface area contributed by atoms with Crippen LogP contribution in [0.1, 0.15) is 26.2 Å². The zero-order chi connectivity index (χ0) is 8.55. The van der Waals surface area contributed by atoms with Gasteiger partial charge in [0.25, 0.3) is 0 Å². The van der Waals surface area contributed by atoms with Gasteiger partial charge in [0.2, 0.25) is 5.89 Å². The Morgan fingerprint density at radius 1 is 1.67 bits per heavy atom. The van der Waals surface area contributed by atoms with E-state index in [1.165, 1.54) is 10.5 Å². The first-order chi connectivity index (χ1) is 5.77. The van der Waals surface area contributed by atoms with E-state index in [0.717, 1.165) is 12.3 Å². The molecule has 1 aliphatic rings. The highest BCUT2D eigenvalue weighted by Crippen LogP contribution is 2.42. The van der Waals surface area contributed by atoms with Crippen LogP contribution in [0.2, 0.25) is 0 Å². The Morgan fingerprint density at radius 3 is 3.00 bits per heavy atom. The van der Waals surface area contributed by atoms with Gasteiger partial charge in [-0.15, -0.1) is 11.8 Å². The van der Waals surface area contributed by atoms with Gasteiger partial charge in [0.05, 0.1) is 11.1 Å². The smallest absolute Gasteiger partial charge is 0.232 e. The van der Waals surface area contributed by atoms with E-state index in [1.54, 1.807) is 12.5 Å². The molecule has 12 heavy (non-hydrogen) atoms. The van der Waals surface area contributed by atoms with Crippen molar-refractivity contribution in [1.82, 2.24) is 4.98 Å². The van der Waals surface area contributed by atoms with E-state index in [-0.39, 0.29) is 0 Å². The molecule has 0 N–H and O–H groups in total. The molecule has 2 rings (SSSR count). The van der Waals surface area contributed by atoms with E-state index in [4.69, 9.17) is 4.42 Å². The first-order valence-electron chi connectivity index (χ1n) is 4.03. The first-order valence-corrected chi connectivity index (χ1v) is 4.91. The predicted octanol–water partition coefficient (Wildman–Crippen LogP) is 2.93. The molecule has 1 aromatic rings. The summed E-state index contributed by atoms with van der Waals surface area (Å²) in [5, 5.41) is 0.673. The Kier molecular flexibility index (Phi) is 1.97. The Labute approximate surface area is 76.1 Å². The molecule has 64 valence electrons. The summed E-state index contributed by atoms with van der Waals surface area (Å²) in [5.74, 6) is 0.779. The molecular weight excluding hydrogens is 170 g/mol. The van der Waals surface area contributed by atoms with E-state index in [1.807, 2.05) is 11.8 Å². The van der Waals surface area contributed by atoms with Crippen LogP contribution in [-0.2, 0) is 0 Å². The molecule has 1 unspecified atom stereocenters. The van der Waals surface area contributed by atoms with Gasteiger partial charge in [-0.1, -0.05) is 12.5 Å². The van der Waals surface area contributed by atoms with Gasteiger partial charge in [-0.3, -0.25) is 0 Å². The molecule has 1 aromatic heterocycles. The average Bonchev–Trinajstić information content (AvgIpc) is 2.58. The van der Waals surface area contributed by atoms with Crippen molar-refractivity contribution in [2.24, 2.45) is 0 Å². The van der Waals surface area contributed by atoms with Gasteiger partial charge in [-0.05, 0) is 13.3 Å². The monoisotopic (exact) mass is 181 g/mol. The molecule has 0 aromatic carbocycles. The van der Waals surface area contributed by atoms with Crippen molar-refractivity contribution >= 4 is 16.7 Å². The summed E-state index contributed by atoms with van der Waals surface area (Å²) < 4.78 is 5.25. The average molecular weight is 181 g/mol. The molecule has 0 aliphatic carbocycles. The SMILES string of the molecule is CC1=C(c2ncco2)SC(C)C1. The van der Waals surface area contributed by atoms with Gasteiger partial charge >= 0.3 is 0 Å². The number of hydrogen-bond acceptors (Lipinski definition) is 3. The minimum Gasteiger partial charge on any atom is -0.444 e. The lowest BCUT2D eigenvalue weighted by molar-refractivity contribution is 0.545. The standard InChI is InChI=1S/C9H11NOS/c1-6-5-7(2)12-8(6)9-10-3-4-11-9/h3-4,7H,5H2,1-2H3. The maximum Gasteiger partial charge on any atom is 0.232 e. The van der Waals surface area contributed by atoms with Crippen molar-refractivity contribution in [3.63, 3.8) is 0 Å². The van der Waals surface area contributed by atoms with Crippen LogP contribution < -0.4 is 0 Å². The summed E-state index contributed by atoms with van der Waals surface area (Å²) in [7, 11) is 0. The van der Waals surface area contributed by atoms with Crippen LogP contribution in [0.25, 0.3) is 4.91 Å². The molecule has 3 heteroatoms. The molecule has 0 radical (unpaired) electrons. The van der Waals surface area contributed by atoms with Crippen molar-refractivity contribution in [2.75, 3.05) is 0 Å². The number of nitrogens with zero attached hydrogens (tertiary/aromatic N) is 1. The number of thioether (sulfide) groups is 1. The summed E-state index contributed by atoms with van der Waals surface area (Å²) in [6.45, 7) is 4.38. The fourth-order valence-electron chi connectivity index (χ4n) is 1.44. The van der Waals surface area contributed by atoms with Crippen LogP contribution >= 0.6 is 11.8 Å². The largest absolute Gasteiger partial charge is 0.444 e. The molecule has 0 saturated heterocycles. The minimum absolute atomic E-state index is 0.673. The highest BCUT2D eigenvalue weighted by molar-refractivity contribution is 8.09. The Hall–Kier alpha value is -0.700. The van der Waals surface area contributed by atoms with Crippen LogP contribution in [-0.4, -0.2) is 10.2 Å². The van der Waals surface area contributed by atoms with Gasteiger partial charge < -0.3 is 4.42 Å². The topological polar surface area (TPSA) is 26.0 Å². The number of oxazole rings is 1. The number of aromatic nitrogens is 1. The molecule has 0 bridgehead atoms. The zero-order valence-corrected chi connectivity index (χ0v) is 8.02. The lowest BCUT2D eigenvalue weighted by Crippen LogP contribution is -1.86. The van der Waals surface area contributed by atoms with Gasteiger partial charge in [-0.25, -0.2) is 4.98 Å². The van der Waals surface area contributed by atoms with Gasteiger partial charge in [0.15, 0.2) is 0 Å². The van der Waals surface area contributed by atoms with E-state index in [9.17, 15) is 0 Å². The summed E-state index contributed by atoms with van der Waals surface area (Å²) in [4.78, 5) is 5.37. The fourth-order valence-corrected chi connectivity index (χ4v) is 2.66. The van der Waals surface area contributed by atoms with Crippen LogP contribution in [0, 0.1) is 0 Å². The number of allylic oxidation sites excluding steroid dienone is 1. The highest BCUT2D eigenvalue weighted by Gasteiger charge is 2.22. The Balaban J connectivity index is 2.31.